The van der Waals surface area contributed by atoms with E-state index in [2.05, 4.69) is 11.7 Å². The number of rotatable bonds is 1. The number of hydrogen-bond acceptors (Lipinski definition) is 2. The van der Waals surface area contributed by atoms with Crippen molar-refractivity contribution in [3.8, 4) is 5.75 Å². The Kier molecular flexibility index (Phi) is 3.89. The molecule has 3 aliphatic carbocycles. The van der Waals surface area contributed by atoms with E-state index in [4.69, 9.17) is 0 Å². The predicted octanol–water partition coefficient (Wildman–Crippen LogP) is 5.40. The average molecular weight is 352 g/mol. The maximum Gasteiger partial charge on any atom is 0.491 e. The van der Waals surface area contributed by atoms with Crippen LogP contribution in [-0.2, 0) is 11.2 Å². The van der Waals surface area contributed by atoms with Crippen LogP contribution >= 0.6 is 0 Å². The van der Waals surface area contributed by atoms with E-state index in [0.717, 1.165) is 30.7 Å². The monoisotopic (exact) mass is 352 g/mol. The Labute approximate surface area is 145 Å². The van der Waals surface area contributed by atoms with Crippen LogP contribution in [0.3, 0.4) is 0 Å². The molecule has 0 heterocycles. The molecule has 0 N–H and O–H groups in total. The first-order chi connectivity index (χ1) is 11.8. The van der Waals surface area contributed by atoms with E-state index in [9.17, 15) is 18.0 Å². The molecule has 4 atom stereocenters. The molecule has 0 bridgehead atoms. The second-order valence-corrected chi connectivity index (χ2v) is 8.25. The fraction of sp³-hybridized carbons (Fsp3) is 0.650. The van der Waals surface area contributed by atoms with Crippen LogP contribution < -0.4 is 4.74 Å². The SMILES string of the molecule is C[C@@]12CCC[C@H]1[C@@H]1CCc3cc(OC(=O)C(F)(F)F)ccc3[C@H]1CC2. The third kappa shape index (κ3) is 2.85. The van der Waals surface area contributed by atoms with Gasteiger partial charge in [-0.15, -0.1) is 0 Å². The van der Waals surface area contributed by atoms with E-state index >= 15 is 0 Å². The highest BCUT2D eigenvalue weighted by Gasteiger charge is 2.50. The Morgan fingerprint density at radius 3 is 2.76 bits per heavy atom. The van der Waals surface area contributed by atoms with Crippen molar-refractivity contribution in [2.24, 2.45) is 17.3 Å². The highest BCUT2D eigenvalue weighted by molar-refractivity contribution is 5.78. The van der Waals surface area contributed by atoms with Crippen LogP contribution in [0, 0.1) is 17.3 Å². The van der Waals surface area contributed by atoms with Crippen molar-refractivity contribution >= 4 is 5.97 Å². The molecule has 0 amide bonds. The topological polar surface area (TPSA) is 26.3 Å². The third-order valence-electron chi connectivity index (χ3n) is 6.92. The normalized spacial score (nSPS) is 34.0. The van der Waals surface area contributed by atoms with Gasteiger partial charge in [0.2, 0.25) is 0 Å². The van der Waals surface area contributed by atoms with Gasteiger partial charge in [0.25, 0.3) is 0 Å². The number of ether oxygens (including phenoxy) is 1. The zero-order valence-electron chi connectivity index (χ0n) is 14.4. The molecule has 0 spiro atoms. The summed E-state index contributed by atoms with van der Waals surface area (Å²) in [5.74, 6) is -0.173. The number of benzene rings is 1. The van der Waals surface area contributed by atoms with Gasteiger partial charge in [0.05, 0.1) is 0 Å². The first-order valence-electron chi connectivity index (χ1n) is 9.20. The van der Waals surface area contributed by atoms with Crippen molar-refractivity contribution < 1.29 is 22.7 Å². The van der Waals surface area contributed by atoms with Crippen LogP contribution in [-0.4, -0.2) is 12.1 Å². The molecule has 2 nitrogen and oxygen atoms in total. The molecule has 0 radical (unpaired) electrons. The number of carbonyl (C=O) groups is 1. The second-order valence-electron chi connectivity index (χ2n) is 8.25. The van der Waals surface area contributed by atoms with Crippen LogP contribution in [0.15, 0.2) is 18.2 Å². The summed E-state index contributed by atoms with van der Waals surface area (Å²) in [5.41, 5.74) is 2.80. The first-order valence-corrected chi connectivity index (χ1v) is 9.20. The molecule has 25 heavy (non-hydrogen) atoms. The van der Waals surface area contributed by atoms with Gasteiger partial charge >= 0.3 is 12.1 Å². The fourth-order valence-electron chi connectivity index (χ4n) is 5.78. The van der Waals surface area contributed by atoms with Crippen LogP contribution in [0.4, 0.5) is 13.2 Å². The number of carbonyl (C=O) groups excluding carboxylic acids is 1. The number of fused-ring (bicyclic) bond motifs is 5. The first kappa shape index (κ1) is 16.9. The van der Waals surface area contributed by atoms with Gasteiger partial charge in [-0.05, 0) is 85.0 Å². The average Bonchev–Trinajstić information content (AvgIpc) is 2.95. The van der Waals surface area contributed by atoms with Gasteiger partial charge in [-0.2, -0.15) is 13.2 Å². The van der Waals surface area contributed by atoms with Gasteiger partial charge in [0.1, 0.15) is 5.75 Å². The molecule has 5 heteroatoms. The molecule has 1 aromatic carbocycles. The minimum atomic E-state index is -4.96. The Balaban J connectivity index is 1.57. The van der Waals surface area contributed by atoms with Gasteiger partial charge in [-0.1, -0.05) is 19.4 Å². The number of aryl methyl sites for hydroxylation is 1. The Morgan fingerprint density at radius 1 is 1.20 bits per heavy atom. The van der Waals surface area contributed by atoms with Crippen molar-refractivity contribution in [2.45, 2.75) is 64.0 Å². The van der Waals surface area contributed by atoms with E-state index in [1.807, 2.05) is 6.07 Å². The summed E-state index contributed by atoms with van der Waals surface area (Å²) in [6.45, 7) is 2.44. The van der Waals surface area contributed by atoms with Crippen LogP contribution in [0.25, 0.3) is 0 Å². The van der Waals surface area contributed by atoms with Crippen molar-refractivity contribution in [2.75, 3.05) is 0 Å². The maximum atomic E-state index is 12.4. The van der Waals surface area contributed by atoms with E-state index in [1.165, 1.54) is 37.3 Å². The summed E-state index contributed by atoms with van der Waals surface area (Å²) in [6.07, 6.45) is 3.36. The van der Waals surface area contributed by atoms with Gasteiger partial charge < -0.3 is 4.74 Å². The summed E-state index contributed by atoms with van der Waals surface area (Å²) in [6, 6.07) is 5.05. The fourth-order valence-corrected chi connectivity index (χ4v) is 5.78. The zero-order chi connectivity index (χ0) is 17.8. The summed E-state index contributed by atoms with van der Waals surface area (Å²) in [4.78, 5) is 11.0. The highest BCUT2D eigenvalue weighted by atomic mass is 19.4. The summed E-state index contributed by atoms with van der Waals surface area (Å²) < 4.78 is 41.6. The lowest BCUT2D eigenvalue weighted by molar-refractivity contribution is -0.189. The Bertz CT molecular complexity index is 697. The standard InChI is InChI=1S/C20H23F3O2/c1-19-9-2-3-17(19)16-6-4-12-11-13(25-18(24)20(21,22)23)5-7-14(12)15(16)8-10-19/h5,7,11,15-17H,2-4,6,8-10H2,1H3/t15-,16-,17+,19+/m1/s1. The van der Waals surface area contributed by atoms with Gasteiger partial charge in [0, 0.05) is 0 Å². The minimum absolute atomic E-state index is 0.000962. The number of alkyl halides is 3. The quantitative estimate of drug-likeness (QED) is 0.500. The summed E-state index contributed by atoms with van der Waals surface area (Å²) in [5, 5.41) is 0. The largest absolute Gasteiger partial charge is 0.491 e. The molecule has 2 fully saturated rings. The van der Waals surface area contributed by atoms with E-state index in [-0.39, 0.29) is 5.75 Å². The number of halogens is 3. The lowest BCUT2D eigenvalue weighted by Gasteiger charge is -2.49. The van der Waals surface area contributed by atoms with Crippen LogP contribution in [0.5, 0.6) is 5.75 Å². The molecule has 0 aliphatic heterocycles. The lowest BCUT2D eigenvalue weighted by atomic mass is 9.56. The van der Waals surface area contributed by atoms with Crippen molar-refractivity contribution in [1.82, 2.24) is 0 Å². The molecule has 0 unspecified atom stereocenters. The highest BCUT2D eigenvalue weighted by Crippen LogP contribution is 2.60. The molecule has 2 saturated carbocycles. The lowest BCUT2D eigenvalue weighted by Crippen LogP contribution is -2.39. The Morgan fingerprint density at radius 2 is 2.00 bits per heavy atom. The Hall–Kier alpha value is -1.52. The summed E-state index contributed by atoms with van der Waals surface area (Å²) >= 11 is 0. The van der Waals surface area contributed by atoms with E-state index in [0.29, 0.717) is 17.3 Å². The molecular formula is C20H23F3O2. The third-order valence-corrected chi connectivity index (χ3v) is 6.92. The maximum absolute atomic E-state index is 12.4. The molecule has 136 valence electrons. The minimum Gasteiger partial charge on any atom is -0.420 e. The molecule has 0 aromatic heterocycles. The second kappa shape index (κ2) is 5.75. The van der Waals surface area contributed by atoms with Gasteiger partial charge in [-0.25, -0.2) is 4.79 Å². The molecule has 1 aromatic rings. The van der Waals surface area contributed by atoms with Crippen LogP contribution in [0.1, 0.15) is 62.5 Å². The van der Waals surface area contributed by atoms with Gasteiger partial charge in [0.15, 0.2) is 0 Å². The van der Waals surface area contributed by atoms with E-state index in [1.54, 1.807) is 6.07 Å². The van der Waals surface area contributed by atoms with Crippen molar-refractivity contribution in [3.05, 3.63) is 29.3 Å². The summed E-state index contributed by atoms with van der Waals surface area (Å²) in [7, 11) is 0. The van der Waals surface area contributed by atoms with E-state index < -0.39 is 12.1 Å². The van der Waals surface area contributed by atoms with Crippen molar-refractivity contribution in [1.29, 1.82) is 0 Å². The molecular weight excluding hydrogens is 329 g/mol. The smallest absolute Gasteiger partial charge is 0.420 e. The van der Waals surface area contributed by atoms with Crippen LogP contribution in [0.2, 0.25) is 0 Å². The molecule has 3 aliphatic rings. The predicted molar refractivity (Wildman–Crippen MR) is 87.4 cm³/mol. The number of hydrogen-bond donors (Lipinski definition) is 0. The van der Waals surface area contributed by atoms with Crippen molar-refractivity contribution in [3.63, 3.8) is 0 Å². The number of esters is 1. The van der Waals surface area contributed by atoms with Gasteiger partial charge in [-0.3, -0.25) is 0 Å². The molecule has 0 saturated heterocycles. The zero-order valence-corrected chi connectivity index (χ0v) is 14.4. The molecule has 4 rings (SSSR count).